The second kappa shape index (κ2) is 10.1. The molecular weight excluding hydrogens is 368 g/mol. The molecule has 0 spiro atoms. The molecule has 154 valence electrons. The molecule has 6 heteroatoms. The normalized spacial score (nSPS) is 15.9. The lowest BCUT2D eigenvalue weighted by Gasteiger charge is -2.15. The molecule has 1 saturated heterocycles. The molecule has 29 heavy (non-hydrogen) atoms. The van der Waals surface area contributed by atoms with E-state index in [-0.39, 0.29) is 24.5 Å². The van der Waals surface area contributed by atoms with Gasteiger partial charge in [0.05, 0.1) is 17.4 Å². The smallest absolute Gasteiger partial charge is 0.262 e. The third-order valence-corrected chi connectivity index (χ3v) is 4.86. The predicted molar refractivity (Wildman–Crippen MR) is 112 cm³/mol. The third-order valence-electron chi connectivity index (χ3n) is 4.86. The number of carbonyl (C=O) groups excluding carboxylic acids is 2. The highest BCUT2D eigenvalue weighted by Crippen LogP contribution is 2.25. The molecule has 2 aromatic rings. The molecule has 3 rings (SSSR count). The fraction of sp³-hybridized carbons (Fsp3) is 0.391. The summed E-state index contributed by atoms with van der Waals surface area (Å²) in [4.78, 5) is 25.0. The quantitative estimate of drug-likeness (QED) is 0.713. The summed E-state index contributed by atoms with van der Waals surface area (Å²) in [6.07, 6.45) is 2.04. The average Bonchev–Trinajstić information content (AvgIpc) is 3.25. The summed E-state index contributed by atoms with van der Waals surface area (Å²) in [7, 11) is 0. The first-order chi connectivity index (χ1) is 14.0. The third kappa shape index (κ3) is 5.81. The minimum atomic E-state index is -0.317. The summed E-state index contributed by atoms with van der Waals surface area (Å²) in [5.41, 5.74) is 1.93. The molecule has 0 aromatic heterocycles. The Morgan fingerprint density at radius 3 is 2.66 bits per heavy atom. The van der Waals surface area contributed by atoms with Crippen LogP contribution in [0.2, 0.25) is 0 Å². The summed E-state index contributed by atoms with van der Waals surface area (Å²) in [5, 5.41) is 5.67. The van der Waals surface area contributed by atoms with Crippen LogP contribution in [-0.2, 0) is 9.53 Å². The predicted octanol–water partition coefficient (Wildman–Crippen LogP) is 3.74. The Morgan fingerprint density at radius 1 is 1.14 bits per heavy atom. The molecule has 0 saturated carbocycles. The lowest BCUT2D eigenvalue weighted by Crippen LogP contribution is -2.32. The Bertz CT molecular complexity index is 844. The first-order valence-corrected chi connectivity index (χ1v) is 10.0. The average molecular weight is 396 g/mol. The molecule has 0 bridgehead atoms. The number of hydrogen-bond acceptors (Lipinski definition) is 4. The summed E-state index contributed by atoms with van der Waals surface area (Å²) >= 11 is 0. The molecule has 0 radical (unpaired) electrons. The molecule has 0 aliphatic carbocycles. The molecule has 0 unspecified atom stereocenters. The second-order valence-electron chi connectivity index (χ2n) is 7.42. The summed E-state index contributed by atoms with van der Waals surface area (Å²) in [5.74, 6) is 0.438. The van der Waals surface area contributed by atoms with E-state index in [1.165, 1.54) is 0 Å². The molecule has 1 fully saturated rings. The number of ether oxygens (including phenoxy) is 2. The van der Waals surface area contributed by atoms with Gasteiger partial charge >= 0.3 is 0 Å². The van der Waals surface area contributed by atoms with Gasteiger partial charge in [-0.05, 0) is 42.5 Å². The van der Waals surface area contributed by atoms with Gasteiger partial charge in [0.1, 0.15) is 5.75 Å². The van der Waals surface area contributed by atoms with Crippen molar-refractivity contribution in [2.24, 2.45) is 0 Å². The van der Waals surface area contributed by atoms with Gasteiger partial charge in [0.25, 0.3) is 11.8 Å². The molecule has 2 aromatic carbocycles. The molecule has 1 heterocycles. The molecule has 1 atom stereocenters. The zero-order valence-electron chi connectivity index (χ0n) is 16.9. The second-order valence-corrected chi connectivity index (χ2v) is 7.42. The van der Waals surface area contributed by atoms with Crippen molar-refractivity contribution in [2.45, 2.75) is 38.7 Å². The Kier molecular flexibility index (Phi) is 7.25. The first-order valence-electron chi connectivity index (χ1n) is 10.0. The monoisotopic (exact) mass is 396 g/mol. The summed E-state index contributed by atoms with van der Waals surface area (Å²) in [6, 6.07) is 14.6. The number of para-hydroxylation sites is 2. The van der Waals surface area contributed by atoms with Crippen LogP contribution >= 0.6 is 0 Å². The van der Waals surface area contributed by atoms with Crippen molar-refractivity contribution in [3.05, 3.63) is 59.7 Å². The van der Waals surface area contributed by atoms with Crippen LogP contribution in [0.15, 0.2) is 48.5 Å². The van der Waals surface area contributed by atoms with Crippen LogP contribution < -0.4 is 15.4 Å². The van der Waals surface area contributed by atoms with Crippen molar-refractivity contribution in [2.75, 3.05) is 25.1 Å². The van der Waals surface area contributed by atoms with Crippen molar-refractivity contribution in [3.63, 3.8) is 0 Å². The minimum absolute atomic E-state index is 0.0649. The Balaban J connectivity index is 1.58. The minimum Gasteiger partial charge on any atom is -0.483 e. The Labute approximate surface area is 171 Å². The van der Waals surface area contributed by atoms with E-state index in [0.29, 0.717) is 29.5 Å². The lowest BCUT2D eigenvalue weighted by atomic mass is 10.0. The van der Waals surface area contributed by atoms with E-state index in [1.54, 1.807) is 24.3 Å². The highest BCUT2D eigenvalue weighted by atomic mass is 16.5. The summed E-state index contributed by atoms with van der Waals surface area (Å²) in [6.45, 7) is 5.24. The SMILES string of the molecule is CC(C)c1ccccc1OCC(=O)Nc1ccccc1C(=O)NC[C@@H]1CCCO1. The number of benzene rings is 2. The Morgan fingerprint density at radius 2 is 1.90 bits per heavy atom. The molecule has 6 nitrogen and oxygen atoms in total. The molecule has 2 N–H and O–H groups in total. The topological polar surface area (TPSA) is 76.7 Å². The highest BCUT2D eigenvalue weighted by molar-refractivity contribution is 6.04. The fourth-order valence-corrected chi connectivity index (χ4v) is 3.32. The number of rotatable bonds is 8. The number of hydrogen-bond donors (Lipinski definition) is 2. The zero-order valence-corrected chi connectivity index (χ0v) is 16.9. The first kappa shape index (κ1) is 20.9. The fourth-order valence-electron chi connectivity index (χ4n) is 3.32. The van der Waals surface area contributed by atoms with E-state index >= 15 is 0 Å². The van der Waals surface area contributed by atoms with Gasteiger partial charge < -0.3 is 20.1 Å². The van der Waals surface area contributed by atoms with Crippen LogP contribution in [0.1, 0.15) is 48.5 Å². The molecular formula is C23H28N2O4. The number of nitrogens with one attached hydrogen (secondary N) is 2. The van der Waals surface area contributed by atoms with Gasteiger partial charge in [-0.15, -0.1) is 0 Å². The van der Waals surface area contributed by atoms with Crippen LogP contribution in [0.3, 0.4) is 0 Å². The van der Waals surface area contributed by atoms with E-state index in [0.717, 1.165) is 25.0 Å². The van der Waals surface area contributed by atoms with Gasteiger partial charge in [0, 0.05) is 13.2 Å². The largest absolute Gasteiger partial charge is 0.483 e. The van der Waals surface area contributed by atoms with E-state index in [2.05, 4.69) is 24.5 Å². The highest BCUT2D eigenvalue weighted by Gasteiger charge is 2.18. The number of anilines is 1. The van der Waals surface area contributed by atoms with Crippen molar-refractivity contribution >= 4 is 17.5 Å². The number of carbonyl (C=O) groups is 2. The van der Waals surface area contributed by atoms with Crippen molar-refractivity contribution < 1.29 is 19.1 Å². The van der Waals surface area contributed by atoms with Gasteiger partial charge in [0.15, 0.2) is 6.61 Å². The van der Waals surface area contributed by atoms with E-state index in [1.807, 2.05) is 24.3 Å². The van der Waals surface area contributed by atoms with Crippen LogP contribution in [0.25, 0.3) is 0 Å². The maximum Gasteiger partial charge on any atom is 0.262 e. The molecule has 2 amide bonds. The van der Waals surface area contributed by atoms with Gasteiger partial charge in [-0.3, -0.25) is 9.59 Å². The van der Waals surface area contributed by atoms with Crippen molar-refractivity contribution in [3.8, 4) is 5.75 Å². The van der Waals surface area contributed by atoms with Crippen molar-refractivity contribution in [1.82, 2.24) is 5.32 Å². The van der Waals surface area contributed by atoms with Gasteiger partial charge in [-0.25, -0.2) is 0 Å². The molecule has 1 aliphatic heterocycles. The van der Waals surface area contributed by atoms with Gasteiger partial charge in [-0.1, -0.05) is 44.2 Å². The van der Waals surface area contributed by atoms with Gasteiger partial charge in [-0.2, -0.15) is 0 Å². The van der Waals surface area contributed by atoms with Crippen LogP contribution in [-0.4, -0.2) is 37.7 Å². The van der Waals surface area contributed by atoms with Crippen LogP contribution in [0.4, 0.5) is 5.69 Å². The van der Waals surface area contributed by atoms with E-state index in [4.69, 9.17) is 9.47 Å². The van der Waals surface area contributed by atoms with Crippen molar-refractivity contribution in [1.29, 1.82) is 0 Å². The van der Waals surface area contributed by atoms with Gasteiger partial charge in [0.2, 0.25) is 0 Å². The zero-order chi connectivity index (χ0) is 20.6. The maximum atomic E-state index is 12.6. The maximum absolute atomic E-state index is 12.6. The van der Waals surface area contributed by atoms with E-state index < -0.39 is 0 Å². The standard InChI is InChI=1S/C23H28N2O4/c1-16(2)18-9-4-6-12-21(18)29-15-22(26)25-20-11-5-3-10-19(20)23(27)24-14-17-8-7-13-28-17/h3-6,9-12,16-17H,7-8,13-15H2,1-2H3,(H,24,27)(H,25,26)/t17-/m0/s1. The summed E-state index contributed by atoms with van der Waals surface area (Å²) < 4.78 is 11.3. The van der Waals surface area contributed by atoms with Crippen LogP contribution in [0.5, 0.6) is 5.75 Å². The van der Waals surface area contributed by atoms with E-state index in [9.17, 15) is 9.59 Å². The Hall–Kier alpha value is -2.86. The number of amides is 2. The van der Waals surface area contributed by atoms with Crippen LogP contribution in [0, 0.1) is 0 Å². The lowest BCUT2D eigenvalue weighted by molar-refractivity contribution is -0.118. The molecule has 1 aliphatic rings.